The van der Waals surface area contributed by atoms with Crippen molar-refractivity contribution in [1.82, 2.24) is 9.88 Å². The lowest BCUT2D eigenvalue weighted by Crippen LogP contribution is -2.49. The molecule has 0 saturated carbocycles. The van der Waals surface area contributed by atoms with E-state index in [1.807, 2.05) is 22.4 Å². The fourth-order valence-electron chi connectivity index (χ4n) is 2.67. The topological polar surface area (TPSA) is 60.2 Å². The quantitative estimate of drug-likeness (QED) is 0.865. The van der Waals surface area contributed by atoms with Gasteiger partial charge in [0.25, 0.3) is 0 Å². The van der Waals surface area contributed by atoms with Crippen molar-refractivity contribution in [3.63, 3.8) is 0 Å². The maximum absolute atomic E-state index is 12.3. The lowest BCUT2D eigenvalue weighted by molar-refractivity contribution is -0.131. The zero-order valence-corrected chi connectivity index (χ0v) is 13.6. The number of nitrogens with zero attached hydrogens (tertiary/aromatic N) is 4. The Bertz CT molecular complexity index is 682. The molecule has 3 rings (SSSR count). The summed E-state index contributed by atoms with van der Waals surface area (Å²) >= 11 is 1.70. The van der Waals surface area contributed by atoms with Gasteiger partial charge in [-0.3, -0.25) is 4.79 Å². The van der Waals surface area contributed by atoms with Crippen LogP contribution in [0.2, 0.25) is 0 Å². The SMILES string of the molecule is N#Cc1ccc(N2CCN(C(=O)CCc3cccs3)CC2)nc1. The molecule has 2 aromatic heterocycles. The van der Waals surface area contributed by atoms with Gasteiger partial charge in [-0.25, -0.2) is 4.98 Å². The van der Waals surface area contributed by atoms with E-state index in [0.29, 0.717) is 12.0 Å². The molecule has 0 aliphatic carbocycles. The van der Waals surface area contributed by atoms with Gasteiger partial charge in [-0.1, -0.05) is 6.07 Å². The van der Waals surface area contributed by atoms with E-state index in [9.17, 15) is 4.79 Å². The summed E-state index contributed by atoms with van der Waals surface area (Å²) in [6, 6.07) is 9.82. The van der Waals surface area contributed by atoms with Crippen molar-refractivity contribution in [2.45, 2.75) is 12.8 Å². The van der Waals surface area contributed by atoms with Crippen molar-refractivity contribution >= 4 is 23.1 Å². The summed E-state index contributed by atoms with van der Waals surface area (Å²) in [6.45, 7) is 3.02. The van der Waals surface area contributed by atoms with Crippen LogP contribution in [0.15, 0.2) is 35.8 Å². The predicted molar refractivity (Wildman–Crippen MR) is 90.4 cm³/mol. The van der Waals surface area contributed by atoms with Crippen molar-refractivity contribution in [2.75, 3.05) is 31.1 Å². The first-order valence-corrected chi connectivity index (χ1v) is 8.55. The second-order valence-corrected chi connectivity index (χ2v) is 6.50. The zero-order valence-electron chi connectivity index (χ0n) is 12.8. The minimum absolute atomic E-state index is 0.228. The predicted octanol–water partition coefficient (Wildman–Crippen LogP) is 2.30. The number of rotatable bonds is 4. The van der Waals surface area contributed by atoms with Gasteiger partial charge < -0.3 is 9.80 Å². The molecule has 1 fully saturated rings. The van der Waals surface area contributed by atoms with Gasteiger partial charge in [0.15, 0.2) is 0 Å². The molecule has 2 aromatic rings. The Hall–Kier alpha value is -2.39. The molecule has 23 heavy (non-hydrogen) atoms. The molecule has 6 heteroatoms. The Morgan fingerprint density at radius 2 is 2.09 bits per heavy atom. The van der Waals surface area contributed by atoms with Crippen LogP contribution in [0.3, 0.4) is 0 Å². The number of aryl methyl sites for hydroxylation is 1. The Morgan fingerprint density at radius 1 is 1.26 bits per heavy atom. The summed E-state index contributed by atoms with van der Waals surface area (Å²) in [4.78, 5) is 22.0. The van der Waals surface area contributed by atoms with Crippen molar-refractivity contribution < 1.29 is 4.79 Å². The van der Waals surface area contributed by atoms with Crippen LogP contribution in [0.4, 0.5) is 5.82 Å². The smallest absolute Gasteiger partial charge is 0.223 e. The number of nitriles is 1. The first-order valence-electron chi connectivity index (χ1n) is 7.67. The fraction of sp³-hybridized carbons (Fsp3) is 0.353. The Balaban J connectivity index is 1.49. The van der Waals surface area contributed by atoms with Crippen LogP contribution in [-0.2, 0) is 11.2 Å². The number of anilines is 1. The number of hydrogen-bond donors (Lipinski definition) is 0. The van der Waals surface area contributed by atoms with E-state index in [4.69, 9.17) is 5.26 Å². The molecule has 1 saturated heterocycles. The summed E-state index contributed by atoms with van der Waals surface area (Å²) in [5, 5.41) is 10.9. The summed E-state index contributed by atoms with van der Waals surface area (Å²) in [5.74, 6) is 1.10. The van der Waals surface area contributed by atoms with E-state index in [0.717, 1.165) is 38.4 Å². The molecular formula is C17H18N4OS. The molecule has 1 aliphatic rings. The van der Waals surface area contributed by atoms with Gasteiger partial charge in [-0.2, -0.15) is 5.26 Å². The van der Waals surface area contributed by atoms with E-state index in [1.165, 1.54) is 4.88 Å². The number of thiophene rings is 1. The number of carbonyl (C=O) groups is 1. The van der Waals surface area contributed by atoms with Gasteiger partial charge in [-0.05, 0) is 30.0 Å². The summed E-state index contributed by atoms with van der Waals surface area (Å²) in [6.07, 6.45) is 3.00. The largest absolute Gasteiger partial charge is 0.353 e. The molecule has 0 N–H and O–H groups in total. The van der Waals surface area contributed by atoms with E-state index in [-0.39, 0.29) is 5.91 Å². The van der Waals surface area contributed by atoms with Crippen LogP contribution in [0.5, 0.6) is 0 Å². The van der Waals surface area contributed by atoms with Crippen LogP contribution >= 0.6 is 11.3 Å². The third kappa shape index (κ3) is 3.88. The van der Waals surface area contributed by atoms with Crippen molar-refractivity contribution in [3.8, 4) is 6.07 Å². The average molecular weight is 326 g/mol. The minimum atomic E-state index is 0.228. The van der Waals surface area contributed by atoms with Crippen LogP contribution in [0.25, 0.3) is 0 Å². The van der Waals surface area contributed by atoms with E-state index < -0.39 is 0 Å². The Kier molecular flexibility index (Phi) is 4.89. The lowest BCUT2D eigenvalue weighted by atomic mass is 10.2. The molecule has 0 spiro atoms. The van der Waals surface area contributed by atoms with Crippen LogP contribution in [-0.4, -0.2) is 42.0 Å². The molecular weight excluding hydrogens is 308 g/mol. The highest BCUT2D eigenvalue weighted by Gasteiger charge is 2.21. The maximum atomic E-state index is 12.3. The van der Waals surface area contributed by atoms with Gasteiger partial charge in [0.05, 0.1) is 5.56 Å². The molecule has 1 amide bonds. The molecule has 1 aliphatic heterocycles. The van der Waals surface area contributed by atoms with E-state index >= 15 is 0 Å². The van der Waals surface area contributed by atoms with Gasteiger partial charge in [0, 0.05) is 43.7 Å². The fourth-order valence-corrected chi connectivity index (χ4v) is 3.38. The van der Waals surface area contributed by atoms with Crippen molar-refractivity contribution in [1.29, 1.82) is 5.26 Å². The number of piperazine rings is 1. The zero-order chi connectivity index (χ0) is 16.1. The van der Waals surface area contributed by atoms with Gasteiger partial charge in [-0.15, -0.1) is 11.3 Å². The van der Waals surface area contributed by atoms with Crippen LogP contribution in [0.1, 0.15) is 16.9 Å². The second kappa shape index (κ2) is 7.25. The summed E-state index contributed by atoms with van der Waals surface area (Å²) < 4.78 is 0. The number of pyridine rings is 1. The first kappa shape index (κ1) is 15.5. The van der Waals surface area contributed by atoms with E-state index in [2.05, 4.69) is 22.0 Å². The third-order valence-corrected chi connectivity index (χ3v) is 4.93. The van der Waals surface area contributed by atoms with Crippen LogP contribution < -0.4 is 4.90 Å². The van der Waals surface area contributed by atoms with Crippen molar-refractivity contribution in [2.24, 2.45) is 0 Å². The summed E-state index contributed by atoms with van der Waals surface area (Å²) in [7, 11) is 0. The number of hydrogen-bond acceptors (Lipinski definition) is 5. The van der Waals surface area contributed by atoms with Crippen molar-refractivity contribution in [3.05, 3.63) is 46.3 Å². The maximum Gasteiger partial charge on any atom is 0.223 e. The molecule has 0 bridgehead atoms. The molecule has 0 atom stereocenters. The highest BCUT2D eigenvalue weighted by Crippen LogP contribution is 2.16. The number of aromatic nitrogens is 1. The number of amides is 1. The van der Waals surface area contributed by atoms with Gasteiger partial charge >= 0.3 is 0 Å². The molecule has 0 radical (unpaired) electrons. The monoisotopic (exact) mass is 326 g/mol. The van der Waals surface area contributed by atoms with E-state index in [1.54, 1.807) is 23.6 Å². The highest BCUT2D eigenvalue weighted by molar-refractivity contribution is 7.09. The summed E-state index contributed by atoms with van der Waals surface area (Å²) in [5.41, 5.74) is 0.566. The Morgan fingerprint density at radius 3 is 2.70 bits per heavy atom. The third-order valence-electron chi connectivity index (χ3n) is 4.00. The standard InChI is InChI=1S/C17H18N4OS/c18-12-14-3-5-16(19-13-14)20-7-9-21(10-8-20)17(22)6-4-15-2-1-11-23-15/h1-3,5,11,13H,4,6-10H2. The molecule has 3 heterocycles. The number of carbonyl (C=O) groups excluding carboxylic acids is 1. The Labute approximate surface area is 139 Å². The highest BCUT2D eigenvalue weighted by atomic mass is 32.1. The first-order chi connectivity index (χ1) is 11.3. The van der Waals surface area contributed by atoms with Gasteiger partial charge in [0.1, 0.15) is 11.9 Å². The minimum Gasteiger partial charge on any atom is -0.353 e. The lowest BCUT2D eigenvalue weighted by Gasteiger charge is -2.35. The van der Waals surface area contributed by atoms with Crippen LogP contribution in [0, 0.1) is 11.3 Å². The molecule has 118 valence electrons. The normalized spacial score (nSPS) is 14.6. The molecule has 5 nitrogen and oxygen atoms in total. The average Bonchev–Trinajstić information content (AvgIpc) is 3.13. The second-order valence-electron chi connectivity index (χ2n) is 5.46. The van der Waals surface area contributed by atoms with Gasteiger partial charge in [0.2, 0.25) is 5.91 Å². The molecule has 0 aromatic carbocycles. The molecule has 0 unspecified atom stereocenters.